The van der Waals surface area contributed by atoms with Crippen LogP contribution in [0.4, 0.5) is 8.78 Å². The number of hydrogen-bond acceptors (Lipinski definition) is 6. The molecule has 11 heteroatoms. The number of nitrogens with zero attached hydrogens (tertiary/aromatic N) is 3. The van der Waals surface area contributed by atoms with Gasteiger partial charge in [0.2, 0.25) is 11.8 Å². The molecule has 2 amide bonds. The van der Waals surface area contributed by atoms with Gasteiger partial charge in [-0.3, -0.25) is 14.4 Å². The maximum atomic E-state index is 13.7. The molecule has 2 fully saturated rings. The second kappa shape index (κ2) is 14.6. The van der Waals surface area contributed by atoms with Gasteiger partial charge >= 0.3 is 5.97 Å². The van der Waals surface area contributed by atoms with Gasteiger partial charge in [0.25, 0.3) is 5.91 Å². The minimum Gasteiger partial charge on any atom is -0.481 e. The number of aliphatic carboxylic acids is 1. The van der Waals surface area contributed by atoms with Crippen molar-refractivity contribution in [3.05, 3.63) is 93.9 Å². The van der Waals surface area contributed by atoms with Crippen LogP contribution in [0.3, 0.4) is 0 Å². The van der Waals surface area contributed by atoms with Gasteiger partial charge in [0.05, 0.1) is 10.8 Å². The minimum atomic E-state index is -2.61. The zero-order valence-corrected chi connectivity index (χ0v) is 30.2. The maximum absolute atomic E-state index is 13.7. The molecule has 1 saturated heterocycles. The molecular weight excluding hydrogens is 671 g/mol. The molecule has 268 valence electrons. The van der Waals surface area contributed by atoms with Crippen LogP contribution in [-0.4, -0.2) is 62.8 Å². The fourth-order valence-corrected chi connectivity index (χ4v) is 7.83. The predicted octanol–water partition coefficient (Wildman–Crippen LogP) is 7.98. The summed E-state index contributed by atoms with van der Waals surface area (Å²) in [6.07, 6.45) is 6.42. The fourth-order valence-electron chi connectivity index (χ4n) is 6.86. The molecule has 2 aromatic carbocycles. The monoisotopic (exact) mass is 714 g/mol. The first kappa shape index (κ1) is 36.3. The molecule has 1 saturated carbocycles. The second-order valence-corrected chi connectivity index (χ2v) is 16.1. The quantitative estimate of drug-likeness (QED) is 0.172. The number of carboxylic acid groups (broad SMARTS) is 1. The van der Waals surface area contributed by atoms with Crippen LogP contribution in [0.25, 0.3) is 22.5 Å². The molecule has 0 radical (unpaired) electrons. The molecule has 0 spiro atoms. The third-order valence-corrected chi connectivity index (χ3v) is 11.7. The third-order valence-electron chi connectivity index (χ3n) is 10.2. The molecule has 3 heterocycles. The van der Waals surface area contributed by atoms with Gasteiger partial charge in [0, 0.05) is 53.8 Å². The van der Waals surface area contributed by atoms with Gasteiger partial charge in [-0.25, -0.2) is 18.7 Å². The number of rotatable bonds is 10. The van der Waals surface area contributed by atoms with E-state index in [0.717, 1.165) is 46.9 Å². The number of hydrogen-bond donors (Lipinski definition) is 2. The molecule has 1 aliphatic heterocycles. The van der Waals surface area contributed by atoms with Crippen molar-refractivity contribution in [1.82, 2.24) is 20.2 Å². The molecule has 51 heavy (non-hydrogen) atoms. The Bertz CT molecular complexity index is 1850. The summed E-state index contributed by atoms with van der Waals surface area (Å²) >= 11 is 1.40. The van der Waals surface area contributed by atoms with E-state index in [2.05, 4.69) is 48.2 Å². The Morgan fingerprint density at radius 2 is 1.47 bits per heavy atom. The van der Waals surface area contributed by atoms with E-state index >= 15 is 0 Å². The lowest BCUT2D eigenvalue weighted by Crippen LogP contribution is -2.59. The van der Waals surface area contributed by atoms with Crippen molar-refractivity contribution in [2.75, 3.05) is 13.1 Å². The number of aromatic nitrogens is 2. The van der Waals surface area contributed by atoms with Gasteiger partial charge in [0.15, 0.2) is 5.82 Å². The lowest BCUT2D eigenvalue weighted by atomic mass is 9.76. The van der Waals surface area contributed by atoms with E-state index in [1.54, 1.807) is 18.5 Å². The lowest BCUT2D eigenvalue weighted by molar-refractivity contribution is -0.153. The number of carbonyl (C=O) groups is 3. The summed E-state index contributed by atoms with van der Waals surface area (Å²) in [5, 5.41) is 12.2. The van der Waals surface area contributed by atoms with Crippen LogP contribution in [0.5, 0.6) is 0 Å². The van der Waals surface area contributed by atoms with E-state index < -0.39 is 29.8 Å². The van der Waals surface area contributed by atoms with E-state index in [1.165, 1.54) is 21.8 Å². The summed E-state index contributed by atoms with van der Waals surface area (Å²) in [7, 11) is 0. The molecule has 8 nitrogen and oxygen atoms in total. The molecular formula is C40H44F2N4O4S. The zero-order valence-electron chi connectivity index (χ0n) is 29.4. The van der Waals surface area contributed by atoms with Crippen LogP contribution in [0.1, 0.15) is 85.0 Å². The Morgan fingerprint density at radius 3 is 2.02 bits per heavy atom. The highest BCUT2D eigenvalue weighted by Crippen LogP contribution is 2.42. The Hall–Kier alpha value is -4.51. The molecule has 0 bridgehead atoms. The van der Waals surface area contributed by atoms with Crippen molar-refractivity contribution in [1.29, 1.82) is 0 Å². The van der Waals surface area contributed by atoms with Crippen LogP contribution in [-0.2, 0) is 21.4 Å². The molecule has 1 aliphatic carbocycles. The molecule has 2 aliphatic rings. The number of likely N-dealkylation sites (tertiary alicyclic amines) is 1. The summed E-state index contributed by atoms with van der Waals surface area (Å²) < 4.78 is 27.5. The van der Waals surface area contributed by atoms with Crippen LogP contribution >= 0.6 is 11.3 Å². The van der Waals surface area contributed by atoms with Gasteiger partial charge < -0.3 is 15.3 Å². The number of carboxylic acids is 1. The highest BCUT2D eigenvalue weighted by Gasteiger charge is 2.39. The fraction of sp³-hybridized carbons (Fsp3) is 0.425. The van der Waals surface area contributed by atoms with E-state index in [-0.39, 0.29) is 36.7 Å². The van der Waals surface area contributed by atoms with Crippen LogP contribution in [0.2, 0.25) is 0 Å². The molecule has 1 atom stereocenters. The van der Waals surface area contributed by atoms with E-state index in [0.29, 0.717) is 29.5 Å². The number of halogens is 2. The number of benzene rings is 2. The second-order valence-electron chi connectivity index (χ2n) is 15.0. The Morgan fingerprint density at radius 1 is 0.863 bits per heavy atom. The summed E-state index contributed by atoms with van der Waals surface area (Å²) in [6, 6.07) is 18.6. The van der Waals surface area contributed by atoms with Crippen molar-refractivity contribution in [2.24, 2.45) is 11.8 Å². The SMILES string of the molecule is CC(C)(C)c1ccc(C(=O)N[C@@H](Cc2ccc(-c3ncc(-c4ccc(C5CCC(C(C)(F)F)CC5)cc4)cn3)cc2)C(=O)N2CC(C(=O)O)C2)s1. The number of thiophene rings is 1. The summed E-state index contributed by atoms with van der Waals surface area (Å²) in [5.74, 6) is -4.48. The Balaban J connectivity index is 1.10. The largest absolute Gasteiger partial charge is 0.481 e. The Kier molecular flexibility index (Phi) is 10.4. The van der Waals surface area contributed by atoms with Gasteiger partial charge in [-0.2, -0.15) is 0 Å². The number of amides is 2. The van der Waals surface area contributed by atoms with E-state index in [4.69, 9.17) is 0 Å². The van der Waals surface area contributed by atoms with Gasteiger partial charge in [-0.05, 0) is 72.8 Å². The van der Waals surface area contributed by atoms with Crippen molar-refractivity contribution in [2.45, 2.75) is 83.1 Å². The minimum absolute atomic E-state index is 0.111. The summed E-state index contributed by atoms with van der Waals surface area (Å²) in [4.78, 5) is 50.4. The highest BCUT2D eigenvalue weighted by molar-refractivity contribution is 7.14. The maximum Gasteiger partial charge on any atom is 0.310 e. The summed E-state index contributed by atoms with van der Waals surface area (Å²) in [5.41, 5.74) is 4.52. The van der Waals surface area contributed by atoms with Crippen LogP contribution < -0.4 is 5.32 Å². The van der Waals surface area contributed by atoms with Crippen LogP contribution in [0, 0.1) is 11.8 Å². The molecule has 4 aromatic rings. The first-order chi connectivity index (χ1) is 24.2. The number of nitrogens with one attached hydrogen (secondary N) is 1. The van der Waals surface area contributed by atoms with E-state index in [9.17, 15) is 28.3 Å². The standard InChI is InChI=1S/C40H44F2N4O4S/c1-39(2,3)34-18-17-33(51-34)36(47)45-32(37(48)46-22-30(23-46)38(49)50)19-24-5-7-28(8-6-24)35-43-20-29(21-44-35)27-11-9-25(10-12-27)26-13-15-31(16-14-26)40(4,41)42/h5-12,17-18,20-21,26,30-32H,13-16,19,22-23H2,1-4H3,(H,45,47)(H,49,50)/t26?,31?,32-/m0/s1. The zero-order chi connectivity index (χ0) is 36.5. The predicted molar refractivity (Wildman–Crippen MR) is 194 cm³/mol. The van der Waals surface area contributed by atoms with Gasteiger partial charge in [0.1, 0.15) is 6.04 Å². The van der Waals surface area contributed by atoms with Crippen molar-refractivity contribution in [3.63, 3.8) is 0 Å². The normalized spacial score (nSPS) is 18.9. The smallest absolute Gasteiger partial charge is 0.310 e. The molecule has 2 N–H and O–H groups in total. The Labute approximate surface area is 301 Å². The molecule has 6 rings (SSSR count). The molecule has 0 unspecified atom stereocenters. The third kappa shape index (κ3) is 8.52. The lowest BCUT2D eigenvalue weighted by Gasteiger charge is -2.38. The van der Waals surface area contributed by atoms with Crippen molar-refractivity contribution < 1.29 is 28.3 Å². The van der Waals surface area contributed by atoms with Gasteiger partial charge in [-0.15, -0.1) is 11.3 Å². The average Bonchev–Trinajstić information content (AvgIpc) is 3.59. The van der Waals surface area contributed by atoms with Gasteiger partial charge in [-0.1, -0.05) is 69.3 Å². The van der Waals surface area contributed by atoms with E-state index in [1.807, 2.05) is 42.5 Å². The van der Waals surface area contributed by atoms with Crippen molar-refractivity contribution >= 4 is 29.1 Å². The first-order valence-electron chi connectivity index (χ1n) is 17.5. The number of carbonyl (C=O) groups excluding carboxylic acids is 2. The highest BCUT2D eigenvalue weighted by atomic mass is 32.1. The van der Waals surface area contributed by atoms with Crippen molar-refractivity contribution in [3.8, 4) is 22.5 Å². The van der Waals surface area contributed by atoms with Crippen LogP contribution in [0.15, 0.2) is 73.1 Å². The average molecular weight is 715 g/mol. The first-order valence-corrected chi connectivity index (χ1v) is 18.3. The molecule has 2 aromatic heterocycles. The summed E-state index contributed by atoms with van der Waals surface area (Å²) in [6.45, 7) is 7.50. The topological polar surface area (TPSA) is 112 Å². The number of alkyl halides is 2.